The minimum atomic E-state index is -0.267. The third kappa shape index (κ3) is 3.41. The highest BCUT2D eigenvalue weighted by atomic mass is 16.4. The molecule has 5 heteroatoms. The average Bonchev–Trinajstić information content (AvgIpc) is 3.20. The van der Waals surface area contributed by atoms with Crippen LogP contribution in [-0.2, 0) is 10.8 Å². The van der Waals surface area contributed by atoms with Gasteiger partial charge in [-0.1, -0.05) is 56.6 Å². The van der Waals surface area contributed by atoms with Gasteiger partial charge in [0.2, 0.25) is 5.88 Å². The summed E-state index contributed by atoms with van der Waals surface area (Å²) in [6.07, 6.45) is 1.80. The number of benzene rings is 1. The Labute approximate surface area is 154 Å². The van der Waals surface area contributed by atoms with Gasteiger partial charge in [0.05, 0.1) is 11.1 Å². The van der Waals surface area contributed by atoms with Crippen LogP contribution in [0, 0.1) is 6.57 Å². The highest BCUT2D eigenvalue weighted by Gasteiger charge is 2.28. The molecule has 2 aromatic heterocycles. The molecule has 0 saturated heterocycles. The second kappa shape index (κ2) is 6.14. The minimum absolute atomic E-state index is 0.117. The Hall–Kier alpha value is -2.87. The van der Waals surface area contributed by atoms with Gasteiger partial charge in [-0.2, -0.15) is 5.10 Å². The molecule has 0 N–H and O–H groups in total. The van der Waals surface area contributed by atoms with Gasteiger partial charge in [0, 0.05) is 11.8 Å². The van der Waals surface area contributed by atoms with Gasteiger partial charge in [-0.3, -0.25) is 0 Å². The van der Waals surface area contributed by atoms with Crippen molar-refractivity contribution in [1.82, 2.24) is 14.8 Å². The van der Waals surface area contributed by atoms with Gasteiger partial charge in [-0.25, -0.2) is 4.68 Å². The molecule has 0 bridgehead atoms. The summed E-state index contributed by atoms with van der Waals surface area (Å²) in [5.41, 5.74) is 2.98. The molecule has 134 valence electrons. The first kappa shape index (κ1) is 17.9. The number of rotatable bonds is 2. The molecule has 5 nitrogen and oxygen atoms in total. The fourth-order valence-electron chi connectivity index (χ4n) is 2.58. The number of oxazole rings is 1. The Morgan fingerprint density at radius 3 is 2.15 bits per heavy atom. The van der Waals surface area contributed by atoms with Crippen LogP contribution in [0.3, 0.4) is 0 Å². The summed E-state index contributed by atoms with van der Waals surface area (Å²) >= 11 is 0. The first-order valence-electron chi connectivity index (χ1n) is 8.65. The molecule has 0 aliphatic heterocycles. The molecule has 1 aromatic carbocycles. The molecule has 0 unspecified atom stereocenters. The molecule has 0 spiro atoms. The van der Waals surface area contributed by atoms with Crippen molar-refractivity contribution in [2.75, 3.05) is 0 Å². The van der Waals surface area contributed by atoms with Gasteiger partial charge in [-0.15, -0.1) is 0 Å². The zero-order valence-electron chi connectivity index (χ0n) is 16.2. The Morgan fingerprint density at radius 1 is 0.962 bits per heavy atom. The largest absolute Gasteiger partial charge is 0.414 e. The summed E-state index contributed by atoms with van der Waals surface area (Å²) in [6, 6.07) is 10.3. The van der Waals surface area contributed by atoms with E-state index in [-0.39, 0.29) is 16.6 Å². The number of hydrogen-bond acceptors (Lipinski definition) is 3. The van der Waals surface area contributed by atoms with Crippen LogP contribution in [0.4, 0.5) is 5.82 Å². The van der Waals surface area contributed by atoms with E-state index in [0.717, 1.165) is 11.3 Å². The van der Waals surface area contributed by atoms with Gasteiger partial charge in [-0.05, 0) is 37.8 Å². The van der Waals surface area contributed by atoms with Crippen molar-refractivity contribution in [2.24, 2.45) is 0 Å². The summed E-state index contributed by atoms with van der Waals surface area (Å²) in [6.45, 7) is 20.0. The van der Waals surface area contributed by atoms with E-state index in [1.165, 1.54) is 5.56 Å². The summed E-state index contributed by atoms with van der Waals surface area (Å²) in [5.74, 6) is 1.13. The normalized spacial score (nSPS) is 12.2. The lowest BCUT2D eigenvalue weighted by molar-refractivity contribution is 0.381. The molecule has 0 fully saturated rings. The van der Waals surface area contributed by atoms with Gasteiger partial charge in [0.1, 0.15) is 0 Å². The first-order chi connectivity index (χ1) is 12.1. The molecule has 3 aromatic rings. The van der Waals surface area contributed by atoms with Crippen molar-refractivity contribution >= 4 is 5.82 Å². The molecular formula is C21H24N4O. The summed E-state index contributed by atoms with van der Waals surface area (Å²) in [7, 11) is 0. The molecule has 0 radical (unpaired) electrons. The van der Waals surface area contributed by atoms with Crippen molar-refractivity contribution in [3.63, 3.8) is 0 Å². The van der Waals surface area contributed by atoms with E-state index in [1.54, 1.807) is 10.9 Å². The SMILES string of the molecule is [C-]#[N+]c1nc(C(C)(C)C)oc1-n1ccc(-c2ccc(C(C)(C)C)cc2)n1. The van der Waals surface area contributed by atoms with E-state index >= 15 is 0 Å². The van der Waals surface area contributed by atoms with Crippen LogP contribution in [0.1, 0.15) is 53.0 Å². The fourth-order valence-corrected chi connectivity index (χ4v) is 2.58. The minimum Gasteiger partial charge on any atom is -0.414 e. The lowest BCUT2D eigenvalue weighted by Gasteiger charge is -2.18. The average molecular weight is 348 g/mol. The van der Waals surface area contributed by atoms with E-state index in [2.05, 4.69) is 60.0 Å². The predicted molar refractivity (Wildman–Crippen MR) is 103 cm³/mol. The Balaban J connectivity index is 1.96. The lowest BCUT2D eigenvalue weighted by atomic mass is 9.86. The molecule has 0 saturated carbocycles. The second-order valence-electron chi connectivity index (χ2n) is 8.48. The number of nitrogens with zero attached hydrogens (tertiary/aromatic N) is 4. The maximum atomic E-state index is 7.37. The highest BCUT2D eigenvalue weighted by molar-refractivity contribution is 5.60. The molecule has 2 heterocycles. The van der Waals surface area contributed by atoms with Crippen LogP contribution >= 0.6 is 0 Å². The maximum absolute atomic E-state index is 7.37. The summed E-state index contributed by atoms with van der Waals surface area (Å²) in [4.78, 5) is 7.80. The molecule has 0 aliphatic rings. The molecular weight excluding hydrogens is 324 g/mol. The van der Waals surface area contributed by atoms with E-state index in [1.807, 2.05) is 26.8 Å². The van der Waals surface area contributed by atoms with Crippen molar-refractivity contribution in [2.45, 2.75) is 52.4 Å². The van der Waals surface area contributed by atoms with Gasteiger partial charge in [0.25, 0.3) is 5.89 Å². The monoisotopic (exact) mass is 348 g/mol. The van der Waals surface area contributed by atoms with Gasteiger partial charge in [0.15, 0.2) is 0 Å². The molecule has 3 rings (SSSR count). The highest BCUT2D eigenvalue weighted by Crippen LogP contribution is 2.31. The third-order valence-electron chi connectivity index (χ3n) is 4.18. The molecule has 0 aliphatic carbocycles. The van der Waals surface area contributed by atoms with Crippen LogP contribution in [0.2, 0.25) is 0 Å². The zero-order valence-corrected chi connectivity index (χ0v) is 16.2. The lowest BCUT2D eigenvalue weighted by Crippen LogP contribution is -2.11. The molecule has 26 heavy (non-hydrogen) atoms. The van der Waals surface area contributed by atoms with Gasteiger partial charge >= 0.3 is 5.82 Å². The number of hydrogen-bond donors (Lipinski definition) is 0. The summed E-state index contributed by atoms with van der Waals surface area (Å²) in [5, 5.41) is 4.59. The van der Waals surface area contributed by atoms with Crippen LogP contribution in [0.15, 0.2) is 40.9 Å². The van der Waals surface area contributed by atoms with Gasteiger partial charge < -0.3 is 9.26 Å². The van der Waals surface area contributed by atoms with Crippen LogP contribution in [0.25, 0.3) is 22.0 Å². The summed E-state index contributed by atoms with van der Waals surface area (Å²) < 4.78 is 7.43. The van der Waals surface area contributed by atoms with Crippen LogP contribution in [0.5, 0.6) is 0 Å². The van der Waals surface area contributed by atoms with Crippen molar-refractivity contribution < 1.29 is 4.42 Å². The third-order valence-corrected chi connectivity index (χ3v) is 4.18. The van der Waals surface area contributed by atoms with Crippen LogP contribution < -0.4 is 0 Å². The van der Waals surface area contributed by atoms with E-state index in [0.29, 0.717) is 11.8 Å². The van der Waals surface area contributed by atoms with Crippen molar-refractivity contribution in [3.05, 3.63) is 59.4 Å². The van der Waals surface area contributed by atoms with E-state index < -0.39 is 0 Å². The number of aromatic nitrogens is 3. The van der Waals surface area contributed by atoms with Crippen molar-refractivity contribution in [3.8, 4) is 17.1 Å². The Morgan fingerprint density at radius 2 is 1.62 bits per heavy atom. The molecule has 0 atom stereocenters. The molecule has 0 amide bonds. The Kier molecular flexibility index (Phi) is 4.23. The first-order valence-corrected chi connectivity index (χ1v) is 8.65. The van der Waals surface area contributed by atoms with E-state index in [9.17, 15) is 0 Å². The van der Waals surface area contributed by atoms with Crippen LogP contribution in [-0.4, -0.2) is 14.8 Å². The fraction of sp³-hybridized carbons (Fsp3) is 0.381. The smallest absolute Gasteiger partial charge is 0.335 e. The zero-order chi connectivity index (χ0) is 19.1. The van der Waals surface area contributed by atoms with E-state index in [4.69, 9.17) is 11.0 Å². The Bertz CT molecular complexity index is 957. The second-order valence-corrected chi connectivity index (χ2v) is 8.48. The predicted octanol–water partition coefficient (Wildman–Crippen LogP) is 5.67. The van der Waals surface area contributed by atoms with Crippen molar-refractivity contribution in [1.29, 1.82) is 0 Å². The topological polar surface area (TPSA) is 48.2 Å². The standard InChI is InChI=1S/C21H24N4O/c1-20(2,3)15-10-8-14(9-11-15)16-12-13-25(24-16)18-17(22-7)23-19(26-18)21(4,5)6/h8-13H,1-6H3. The maximum Gasteiger partial charge on any atom is 0.335 e. The quantitative estimate of drug-likeness (QED) is 0.560.